The second-order valence-corrected chi connectivity index (χ2v) is 3.89. The van der Waals surface area contributed by atoms with E-state index in [1.807, 2.05) is 13.0 Å². The van der Waals surface area contributed by atoms with E-state index in [4.69, 9.17) is 5.73 Å². The minimum atomic E-state index is -0.298. The molecule has 1 aromatic heterocycles. The first-order valence-electron chi connectivity index (χ1n) is 5.35. The highest BCUT2D eigenvalue weighted by molar-refractivity contribution is 5.65. The van der Waals surface area contributed by atoms with Crippen LogP contribution in [0.15, 0.2) is 36.7 Å². The first-order valence-corrected chi connectivity index (χ1v) is 5.35. The Morgan fingerprint density at radius 2 is 2.18 bits per heavy atom. The summed E-state index contributed by atoms with van der Waals surface area (Å²) in [6.45, 7) is 2.58. The van der Waals surface area contributed by atoms with Crippen LogP contribution in [0.5, 0.6) is 0 Å². The molecule has 0 aliphatic rings. The number of aromatic nitrogens is 1. The van der Waals surface area contributed by atoms with Gasteiger partial charge in [-0.15, -0.1) is 0 Å². The van der Waals surface area contributed by atoms with Crippen LogP contribution < -0.4 is 11.1 Å². The van der Waals surface area contributed by atoms with E-state index in [-0.39, 0.29) is 5.82 Å². The van der Waals surface area contributed by atoms with Crippen molar-refractivity contribution < 1.29 is 4.39 Å². The zero-order valence-electron chi connectivity index (χ0n) is 9.57. The van der Waals surface area contributed by atoms with Gasteiger partial charge in [0.05, 0.1) is 11.4 Å². The lowest BCUT2D eigenvalue weighted by atomic mass is 10.1. The third kappa shape index (κ3) is 2.72. The molecule has 88 valence electrons. The third-order valence-corrected chi connectivity index (χ3v) is 2.62. The molecule has 0 fully saturated rings. The van der Waals surface area contributed by atoms with Gasteiger partial charge in [-0.25, -0.2) is 4.39 Å². The van der Waals surface area contributed by atoms with E-state index >= 15 is 0 Å². The van der Waals surface area contributed by atoms with Crippen LogP contribution in [0.3, 0.4) is 0 Å². The van der Waals surface area contributed by atoms with Crippen molar-refractivity contribution in [3.8, 4) is 0 Å². The third-order valence-electron chi connectivity index (χ3n) is 2.62. The second-order valence-electron chi connectivity index (χ2n) is 3.89. The van der Waals surface area contributed by atoms with E-state index in [0.29, 0.717) is 17.9 Å². The monoisotopic (exact) mass is 231 g/mol. The number of hydrogen-bond acceptors (Lipinski definition) is 3. The largest absolute Gasteiger partial charge is 0.397 e. The Hall–Kier alpha value is -2.10. The summed E-state index contributed by atoms with van der Waals surface area (Å²) in [5, 5.41) is 3.12. The fraction of sp³-hybridized carbons (Fsp3) is 0.154. The molecule has 0 radical (unpaired) electrons. The van der Waals surface area contributed by atoms with Gasteiger partial charge in [0.15, 0.2) is 0 Å². The molecule has 0 aliphatic heterocycles. The average Bonchev–Trinajstić information content (AvgIpc) is 2.32. The molecule has 0 spiro atoms. The molecule has 1 heterocycles. The fourth-order valence-electron chi connectivity index (χ4n) is 1.57. The summed E-state index contributed by atoms with van der Waals surface area (Å²) in [6, 6.07) is 6.22. The number of nitrogens with two attached hydrogens (primary N) is 1. The van der Waals surface area contributed by atoms with E-state index < -0.39 is 0 Å². The highest BCUT2D eigenvalue weighted by atomic mass is 19.1. The topological polar surface area (TPSA) is 50.9 Å². The SMILES string of the molecule is Cc1cnccc1CNc1cc(F)ccc1N. The number of anilines is 2. The minimum absolute atomic E-state index is 0.298. The number of nitrogens with one attached hydrogen (secondary N) is 1. The number of nitrogens with zero attached hydrogens (tertiary/aromatic N) is 1. The number of hydrogen-bond donors (Lipinski definition) is 2. The molecule has 2 rings (SSSR count). The molecule has 0 bridgehead atoms. The van der Waals surface area contributed by atoms with Crippen molar-refractivity contribution in [2.45, 2.75) is 13.5 Å². The molecule has 1 aromatic carbocycles. The molecule has 0 aliphatic carbocycles. The quantitative estimate of drug-likeness (QED) is 0.798. The second kappa shape index (κ2) is 4.82. The molecule has 0 saturated carbocycles. The fourth-order valence-corrected chi connectivity index (χ4v) is 1.57. The van der Waals surface area contributed by atoms with Gasteiger partial charge in [-0.2, -0.15) is 0 Å². The Balaban J connectivity index is 2.12. The average molecular weight is 231 g/mol. The maximum absolute atomic E-state index is 13.0. The molecule has 0 saturated heterocycles. The van der Waals surface area contributed by atoms with Crippen molar-refractivity contribution in [1.82, 2.24) is 4.98 Å². The molecule has 0 atom stereocenters. The van der Waals surface area contributed by atoms with Crippen LogP contribution in [0.25, 0.3) is 0 Å². The summed E-state index contributed by atoms with van der Waals surface area (Å²) >= 11 is 0. The van der Waals surface area contributed by atoms with Crippen LogP contribution in [-0.2, 0) is 6.54 Å². The maximum atomic E-state index is 13.0. The van der Waals surface area contributed by atoms with Crippen LogP contribution in [0.1, 0.15) is 11.1 Å². The summed E-state index contributed by atoms with van der Waals surface area (Å²) in [5.74, 6) is -0.298. The minimum Gasteiger partial charge on any atom is -0.397 e. The number of benzene rings is 1. The van der Waals surface area contributed by atoms with Crippen LogP contribution in [0, 0.1) is 12.7 Å². The van der Waals surface area contributed by atoms with Crippen LogP contribution >= 0.6 is 0 Å². The maximum Gasteiger partial charge on any atom is 0.125 e. The number of nitrogen functional groups attached to an aromatic ring is 1. The lowest BCUT2D eigenvalue weighted by molar-refractivity contribution is 0.628. The molecular formula is C13H14FN3. The number of halogens is 1. The highest BCUT2D eigenvalue weighted by Gasteiger charge is 2.02. The summed E-state index contributed by atoms with van der Waals surface area (Å²) in [4.78, 5) is 4.02. The van der Waals surface area contributed by atoms with Gasteiger partial charge in [0.2, 0.25) is 0 Å². The zero-order chi connectivity index (χ0) is 12.3. The molecule has 3 nitrogen and oxygen atoms in total. The normalized spacial score (nSPS) is 10.2. The summed E-state index contributed by atoms with van der Waals surface area (Å²) < 4.78 is 13.0. The van der Waals surface area contributed by atoms with Gasteiger partial charge < -0.3 is 11.1 Å². The summed E-state index contributed by atoms with van der Waals surface area (Å²) in [5.41, 5.74) is 9.11. The Bertz CT molecular complexity index is 526. The van der Waals surface area contributed by atoms with E-state index in [1.54, 1.807) is 18.5 Å². The first kappa shape index (κ1) is 11.4. The number of pyridine rings is 1. The Morgan fingerprint density at radius 3 is 2.94 bits per heavy atom. The van der Waals surface area contributed by atoms with Gasteiger partial charge >= 0.3 is 0 Å². The van der Waals surface area contributed by atoms with E-state index in [2.05, 4.69) is 10.3 Å². The van der Waals surface area contributed by atoms with Crippen molar-refractivity contribution in [3.05, 3.63) is 53.6 Å². The smallest absolute Gasteiger partial charge is 0.125 e. The lowest BCUT2D eigenvalue weighted by Gasteiger charge is -2.10. The standard InChI is InChI=1S/C13H14FN3/c1-9-7-16-5-4-10(9)8-17-13-6-11(14)2-3-12(13)15/h2-7,17H,8,15H2,1H3. The van der Waals surface area contributed by atoms with Crippen molar-refractivity contribution in [3.63, 3.8) is 0 Å². The molecule has 17 heavy (non-hydrogen) atoms. The Morgan fingerprint density at radius 1 is 1.35 bits per heavy atom. The molecule has 4 heteroatoms. The summed E-state index contributed by atoms with van der Waals surface area (Å²) in [6.07, 6.45) is 3.53. The number of aryl methyl sites for hydroxylation is 1. The van der Waals surface area contributed by atoms with Gasteiger partial charge in [0.25, 0.3) is 0 Å². The van der Waals surface area contributed by atoms with Gasteiger partial charge in [-0.05, 0) is 42.3 Å². The molecular weight excluding hydrogens is 217 g/mol. The molecule has 3 N–H and O–H groups in total. The van der Waals surface area contributed by atoms with Crippen LogP contribution in [0.2, 0.25) is 0 Å². The lowest BCUT2D eigenvalue weighted by Crippen LogP contribution is -2.04. The first-order chi connectivity index (χ1) is 8.16. The van der Waals surface area contributed by atoms with Crippen molar-refractivity contribution in [1.29, 1.82) is 0 Å². The Labute approximate surface area is 99.5 Å². The van der Waals surface area contributed by atoms with E-state index in [0.717, 1.165) is 11.1 Å². The predicted molar refractivity (Wildman–Crippen MR) is 67.1 cm³/mol. The van der Waals surface area contributed by atoms with Gasteiger partial charge in [-0.3, -0.25) is 4.98 Å². The number of rotatable bonds is 3. The van der Waals surface area contributed by atoms with Gasteiger partial charge in [-0.1, -0.05) is 0 Å². The van der Waals surface area contributed by atoms with Crippen LogP contribution in [0.4, 0.5) is 15.8 Å². The highest BCUT2D eigenvalue weighted by Crippen LogP contribution is 2.20. The van der Waals surface area contributed by atoms with Crippen LogP contribution in [-0.4, -0.2) is 4.98 Å². The van der Waals surface area contributed by atoms with Gasteiger partial charge in [0.1, 0.15) is 5.82 Å². The van der Waals surface area contributed by atoms with E-state index in [1.165, 1.54) is 12.1 Å². The van der Waals surface area contributed by atoms with E-state index in [9.17, 15) is 4.39 Å². The van der Waals surface area contributed by atoms with Crippen molar-refractivity contribution >= 4 is 11.4 Å². The van der Waals surface area contributed by atoms with Crippen molar-refractivity contribution in [2.24, 2.45) is 0 Å². The predicted octanol–water partition coefficient (Wildman–Crippen LogP) is 2.72. The summed E-state index contributed by atoms with van der Waals surface area (Å²) in [7, 11) is 0. The Kier molecular flexibility index (Phi) is 3.23. The molecule has 2 aromatic rings. The van der Waals surface area contributed by atoms with Crippen molar-refractivity contribution in [2.75, 3.05) is 11.1 Å². The molecule has 0 unspecified atom stereocenters. The van der Waals surface area contributed by atoms with Gasteiger partial charge in [0, 0.05) is 18.9 Å². The zero-order valence-corrected chi connectivity index (χ0v) is 9.57. The molecule has 0 amide bonds.